The van der Waals surface area contributed by atoms with Crippen LogP contribution < -0.4 is 15.2 Å². The minimum absolute atomic E-state index is 0.176. The predicted molar refractivity (Wildman–Crippen MR) is 76.8 cm³/mol. The largest absolute Gasteiger partial charge is 0.490 e. The van der Waals surface area contributed by atoms with Crippen molar-refractivity contribution in [3.05, 3.63) is 24.0 Å². The fourth-order valence-electron chi connectivity index (χ4n) is 1.80. The number of aromatic nitrogens is 3. The average Bonchev–Trinajstić information content (AvgIpc) is 2.91. The van der Waals surface area contributed by atoms with Crippen molar-refractivity contribution in [2.45, 2.75) is 26.8 Å². The highest BCUT2D eigenvalue weighted by molar-refractivity contribution is 5.60. The molecule has 20 heavy (non-hydrogen) atoms. The second kappa shape index (κ2) is 6.38. The Morgan fingerprint density at radius 2 is 1.90 bits per heavy atom. The minimum atomic E-state index is -0.176. The van der Waals surface area contributed by atoms with Crippen molar-refractivity contribution in [2.75, 3.05) is 13.2 Å². The first-order chi connectivity index (χ1) is 9.65. The van der Waals surface area contributed by atoms with Crippen LogP contribution >= 0.6 is 0 Å². The van der Waals surface area contributed by atoms with E-state index in [0.29, 0.717) is 30.6 Å². The van der Waals surface area contributed by atoms with Crippen LogP contribution in [-0.4, -0.2) is 28.4 Å². The predicted octanol–water partition coefficient (Wildman–Crippen LogP) is 2.29. The second-order valence-electron chi connectivity index (χ2n) is 4.36. The zero-order valence-corrected chi connectivity index (χ0v) is 12.0. The summed E-state index contributed by atoms with van der Waals surface area (Å²) in [6.07, 6.45) is 0. The lowest BCUT2D eigenvalue weighted by atomic mass is 10.2. The number of ether oxygens (including phenoxy) is 2. The Morgan fingerprint density at radius 1 is 1.20 bits per heavy atom. The molecule has 1 aromatic heterocycles. The van der Waals surface area contributed by atoms with E-state index >= 15 is 0 Å². The number of nitrogens with two attached hydrogens (primary N) is 1. The lowest BCUT2D eigenvalue weighted by Crippen LogP contribution is -2.06. The number of aromatic amines is 1. The molecular weight excluding hydrogens is 256 g/mol. The number of benzene rings is 1. The molecule has 0 fully saturated rings. The molecule has 2 rings (SSSR count). The number of hydrogen-bond acceptors (Lipinski definition) is 5. The Hall–Kier alpha value is -2.08. The van der Waals surface area contributed by atoms with Gasteiger partial charge >= 0.3 is 0 Å². The Balaban J connectivity index is 2.33. The maximum Gasteiger partial charge on any atom is 0.181 e. The molecule has 0 bridgehead atoms. The molecule has 2 aromatic rings. The summed E-state index contributed by atoms with van der Waals surface area (Å²) in [5.74, 6) is 2.67. The highest BCUT2D eigenvalue weighted by Gasteiger charge is 2.12. The maximum atomic E-state index is 5.77. The summed E-state index contributed by atoms with van der Waals surface area (Å²) in [4.78, 5) is 4.37. The average molecular weight is 276 g/mol. The van der Waals surface area contributed by atoms with Gasteiger partial charge in [-0.15, -0.1) is 0 Å². The lowest BCUT2D eigenvalue weighted by molar-refractivity contribution is 0.288. The normalized spacial score (nSPS) is 12.2. The van der Waals surface area contributed by atoms with Gasteiger partial charge in [-0.1, -0.05) is 0 Å². The van der Waals surface area contributed by atoms with Crippen LogP contribution in [0.4, 0.5) is 0 Å². The standard InChI is InChI=1S/C14H20N4O2/c1-4-19-11-7-6-10(8-12(11)20-5-2)14-16-13(9(3)15)17-18-14/h6-9H,4-5,15H2,1-3H3,(H,16,17,18)/t9-/m1/s1. The Kier molecular flexibility index (Phi) is 4.57. The Labute approximate surface area is 118 Å². The lowest BCUT2D eigenvalue weighted by Gasteiger charge is -2.11. The molecule has 108 valence electrons. The summed E-state index contributed by atoms with van der Waals surface area (Å²) in [5.41, 5.74) is 6.63. The monoisotopic (exact) mass is 276 g/mol. The third kappa shape index (κ3) is 3.08. The van der Waals surface area contributed by atoms with Crippen molar-refractivity contribution in [2.24, 2.45) is 5.73 Å². The molecular formula is C14H20N4O2. The van der Waals surface area contributed by atoms with E-state index in [1.807, 2.05) is 39.0 Å². The van der Waals surface area contributed by atoms with E-state index in [2.05, 4.69) is 15.2 Å². The molecule has 0 saturated carbocycles. The minimum Gasteiger partial charge on any atom is -0.490 e. The number of H-pyrrole nitrogens is 1. The van der Waals surface area contributed by atoms with Gasteiger partial charge in [0.2, 0.25) is 0 Å². The van der Waals surface area contributed by atoms with Gasteiger partial charge < -0.3 is 15.2 Å². The quantitative estimate of drug-likeness (QED) is 0.845. The number of nitrogens with one attached hydrogen (secondary N) is 1. The highest BCUT2D eigenvalue weighted by Crippen LogP contribution is 2.31. The van der Waals surface area contributed by atoms with Gasteiger partial charge in [0.15, 0.2) is 17.3 Å². The zero-order valence-electron chi connectivity index (χ0n) is 12.0. The van der Waals surface area contributed by atoms with Crippen LogP contribution in [0.1, 0.15) is 32.6 Å². The van der Waals surface area contributed by atoms with E-state index in [0.717, 1.165) is 11.3 Å². The highest BCUT2D eigenvalue weighted by atomic mass is 16.5. The van der Waals surface area contributed by atoms with E-state index in [1.54, 1.807) is 0 Å². The number of hydrogen-bond donors (Lipinski definition) is 2. The molecule has 0 aliphatic rings. The van der Waals surface area contributed by atoms with E-state index in [4.69, 9.17) is 15.2 Å². The Bertz CT molecular complexity index is 566. The SMILES string of the molecule is CCOc1ccc(-c2n[nH]c([C@@H](C)N)n2)cc1OCC. The van der Waals surface area contributed by atoms with Gasteiger partial charge in [-0.3, -0.25) is 5.10 Å². The summed E-state index contributed by atoms with van der Waals surface area (Å²) >= 11 is 0. The van der Waals surface area contributed by atoms with Crippen LogP contribution in [0.2, 0.25) is 0 Å². The van der Waals surface area contributed by atoms with Crippen molar-refractivity contribution in [1.82, 2.24) is 15.2 Å². The number of nitrogens with zero attached hydrogens (tertiary/aromatic N) is 2. The fourth-order valence-corrected chi connectivity index (χ4v) is 1.80. The molecule has 0 spiro atoms. The molecule has 0 aliphatic heterocycles. The van der Waals surface area contributed by atoms with Crippen molar-refractivity contribution in [1.29, 1.82) is 0 Å². The van der Waals surface area contributed by atoms with Crippen molar-refractivity contribution in [3.8, 4) is 22.9 Å². The summed E-state index contributed by atoms with van der Waals surface area (Å²) < 4.78 is 11.1. The number of rotatable bonds is 6. The zero-order chi connectivity index (χ0) is 14.5. The van der Waals surface area contributed by atoms with Gasteiger partial charge in [-0.2, -0.15) is 5.10 Å². The summed E-state index contributed by atoms with van der Waals surface area (Å²) in [6, 6.07) is 5.47. The first kappa shape index (κ1) is 14.3. The third-order valence-electron chi connectivity index (χ3n) is 2.74. The third-order valence-corrected chi connectivity index (χ3v) is 2.74. The van der Waals surface area contributed by atoms with Gasteiger partial charge in [0, 0.05) is 5.56 Å². The second-order valence-corrected chi connectivity index (χ2v) is 4.36. The molecule has 0 amide bonds. The summed E-state index contributed by atoms with van der Waals surface area (Å²) in [5, 5.41) is 7.01. The first-order valence-corrected chi connectivity index (χ1v) is 6.73. The van der Waals surface area contributed by atoms with Crippen LogP contribution in [-0.2, 0) is 0 Å². The molecule has 1 aromatic carbocycles. The van der Waals surface area contributed by atoms with Crippen LogP contribution in [0.25, 0.3) is 11.4 Å². The van der Waals surface area contributed by atoms with Gasteiger partial charge in [0.25, 0.3) is 0 Å². The van der Waals surface area contributed by atoms with E-state index < -0.39 is 0 Å². The molecule has 6 heteroatoms. The fraction of sp³-hybridized carbons (Fsp3) is 0.429. The van der Waals surface area contributed by atoms with E-state index in [9.17, 15) is 0 Å². The van der Waals surface area contributed by atoms with Crippen LogP contribution in [0, 0.1) is 0 Å². The first-order valence-electron chi connectivity index (χ1n) is 6.73. The molecule has 0 saturated heterocycles. The van der Waals surface area contributed by atoms with Crippen molar-refractivity contribution < 1.29 is 9.47 Å². The molecule has 0 aliphatic carbocycles. The van der Waals surface area contributed by atoms with Crippen molar-refractivity contribution >= 4 is 0 Å². The molecule has 6 nitrogen and oxygen atoms in total. The van der Waals surface area contributed by atoms with Gasteiger partial charge in [-0.25, -0.2) is 4.98 Å². The van der Waals surface area contributed by atoms with Gasteiger partial charge in [-0.05, 0) is 39.0 Å². The molecule has 1 atom stereocenters. The van der Waals surface area contributed by atoms with Crippen LogP contribution in [0.5, 0.6) is 11.5 Å². The van der Waals surface area contributed by atoms with Crippen LogP contribution in [0.3, 0.4) is 0 Å². The molecule has 3 N–H and O–H groups in total. The maximum absolute atomic E-state index is 5.77. The molecule has 0 radical (unpaired) electrons. The van der Waals surface area contributed by atoms with Crippen molar-refractivity contribution in [3.63, 3.8) is 0 Å². The van der Waals surface area contributed by atoms with E-state index in [1.165, 1.54) is 0 Å². The van der Waals surface area contributed by atoms with Gasteiger partial charge in [0.05, 0.1) is 19.3 Å². The Morgan fingerprint density at radius 3 is 2.50 bits per heavy atom. The van der Waals surface area contributed by atoms with E-state index in [-0.39, 0.29) is 6.04 Å². The van der Waals surface area contributed by atoms with Crippen LogP contribution in [0.15, 0.2) is 18.2 Å². The summed E-state index contributed by atoms with van der Waals surface area (Å²) in [7, 11) is 0. The topological polar surface area (TPSA) is 86.0 Å². The smallest absolute Gasteiger partial charge is 0.181 e. The van der Waals surface area contributed by atoms with Gasteiger partial charge in [0.1, 0.15) is 5.82 Å². The molecule has 0 unspecified atom stereocenters. The summed E-state index contributed by atoms with van der Waals surface area (Å²) in [6.45, 7) is 6.89. The molecule has 1 heterocycles.